The van der Waals surface area contributed by atoms with Gasteiger partial charge in [0.15, 0.2) is 5.78 Å². The number of carboxylic acids is 1. The predicted molar refractivity (Wildman–Crippen MR) is 90.8 cm³/mol. The zero-order valence-electron chi connectivity index (χ0n) is 14.1. The first-order chi connectivity index (χ1) is 11.0. The van der Waals surface area contributed by atoms with Gasteiger partial charge in [0.25, 0.3) is 0 Å². The van der Waals surface area contributed by atoms with Crippen LogP contribution in [0, 0.1) is 12.8 Å². The van der Waals surface area contributed by atoms with E-state index in [1.54, 1.807) is 12.1 Å². The molecule has 2 rings (SSSR count). The molecule has 0 saturated heterocycles. The Morgan fingerprint density at radius 3 is 2.35 bits per heavy atom. The average Bonchev–Trinajstić information content (AvgIpc) is 2.54. The van der Waals surface area contributed by atoms with Crippen molar-refractivity contribution in [2.75, 3.05) is 13.6 Å². The smallest absolute Gasteiger partial charge is 0.304 e. The highest BCUT2D eigenvalue weighted by atomic mass is 16.4. The third-order valence-electron chi connectivity index (χ3n) is 4.83. The van der Waals surface area contributed by atoms with Gasteiger partial charge in [0.1, 0.15) is 0 Å². The monoisotopic (exact) mass is 317 g/mol. The molecule has 0 aromatic heterocycles. The maximum Gasteiger partial charge on any atom is 0.304 e. The van der Waals surface area contributed by atoms with Crippen LogP contribution in [0.15, 0.2) is 24.3 Å². The van der Waals surface area contributed by atoms with Crippen molar-refractivity contribution in [3.8, 4) is 0 Å². The first kappa shape index (κ1) is 17.7. The van der Waals surface area contributed by atoms with E-state index in [0.717, 1.165) is 18.4 Å². The average molecular weight is 317 g/mol. The maximum absolute atomic E-state index is 12.7. The van der Waals surface area contributed by atoms with Gasteiger partial charge in [-0.3, -0.25) is 9.59 Å². The fourth-order valence-electron chi connectivity index (χ4n) is 3.42. The minimum atomic E-state index is -0.910. The minimum absolute atomic E-state index is 0.0601. The van der Waals surface area contributed by atoms with Crippen LogP contribution in [0.4, 0.5) is 0 Å². The van der Waals surface area contributed by atoms with Crippen LogP contribution in [0.2, 0.25) is 0 Å². The molecule has 126 valence electrons. The number of benzene rings is 1. The summed E-state index contributed by atoms with van der Waals surface area (Å²) in [4.78, 5) is 26.1. The van der Waals surface area contributed by atoms with E-state index in [4.69, 9.17) is 0 Å². The Labute approximate surface area is 138 Å². The third kappa shape index (κ3) is 5.17. The number of Topliss-reactive ketones (excluding diaryl/α,β-unsaturated/α-hetero) is 1. The number of rotatable bonds is 7. The van der Waals surface area contributed by atoms with Crippen molar-refractivity contribution in [3.63, 3.8) is 0 Å². The summed E-state index contributed by atoms with van der Waals surface area (Å²) in [5, 5.41) is 9.18. The largest absolute Gasteiger partial charge is 0.481 e. The first-order valence-corrected chi connectivity index (χ1v) is 8.50. The van der Waals surface area contributed by atoms with Crippen molar-refractivity contribution >= 4 is 11.8 Å². The van der Waals surface area contributed by atoms with Gasteiger partial charge in [0, 0.05) is 24.1 Å². The van der Waals surface area contributed by atoms with Crippen molar-refractivity contribution in [2.45, 2.75) is 51.5 Å². The molecule has 1 atom stereocenters. The Kier molecular flexibility index (Phi) is 6.34. The van der Waals surface area contributed by atoms with Crippen LogP contribution < -0.4 is 0 Å². The highest BCUT2D eigenvalue weighted by Crippen LogP contribution is 2.24. The van der Waals surface area contributed by atoms with E-state index in [1.807, 2.05) is 26.1 Å². The Bertz CT molecular complexity index is 532. The number of carboxylic acid groups (broad SMARTS) is 1. The van der Waals surface area contributed by atoms with Gasteiger partial charge in [-0.1, -0.05) is 49.1 Å². The van der Waals surface area contributed by atoms with E-state index in [0.29, 0.717) is 18.2 Å². The van der Waals surface area contributed by atoms with Crippen LogP contribution in [-0.2, 0) is 4.79 Å². The van der Waals surface area contributed by atoms with E-state index in [-0.39, 0.29) is 12.2 Å². The molecule has 1 fully saturated rings. The van der Waals surface area contributed by atoms with E-state index in [1.165, 1.54) is 19.3 Å². The lowest BCUT2D eigenvalue weighted by Gasteiger charge is -2.33. The van der Waals surface area contributed by atoms with Crippen molar-refractivity contribution < 1.29 is 14.7 Å². The minimum Gasteiger partial charge on any atom is -0.481 e. The van der Waals surface area contributed by atoms with E-state index in [9.17, 15) is 14.7 Å². The van der Waals surface area contributed by atoms with E-state index < -0.39 is 11.9 Å². The summed E-state index contributed by atoms with van der Waals surface area (Å²) in [5.41, 5.74) is 1.70. The van der Waals surface area contributed by atoms with Crippen molar-refractivity contribution in [1.82, 2.24) is 4.90 Å². The molecule has 0 aliphatic heterocycles. The van der Waals surface area contributed by atoms with Crippen LogP contribution in [0.25, 0.3) is 0 Å². The topological polar surface area (TPSA) is 57.6 Å². The van der Waals surface area contributed by atoms with Crippen molar-refractivity contribution in [3.05, 3.63) is 35.4 Å². The summed E-state index contributed by atoms with van der Waals surface area (Å²) in [6, 6.07) is 7.87. The van der Waals surface area contributed by atoms with Gasteiger partial charge in [-0.05, 0) is 26.8 Å². The molecule has 1 unspecified atom stereocenters. The molecule has 0 spiro atoms. The van der Waals surface area contributed by atoms with Crippen molar-refractivity contribution in [1.29, 1.82) is 0 Å². The normalized spacial score (nSPS) is 17.2. The molecule has 4 nitrogen and oxygen atoms in total. The van der Waals surface area contributed by atoms with Crippen LogP contribution in [0.3, 0.4) is 0 Å². The lowest BCUT2D eigenvalue weighted by Crippen LogP contribution is -2.39. The molecule has 1 N–H and O–H groups in total. The number of hydrogen-bond acceptors (Lipinski definition) is 3. The summed E-state index contributed by atoms with van der Waals surface area (Å²) in [7, 11) is 2.02. The highest BCUT2D eigenvalue weighted by Gasteiger charge is 2.27. The predicted octanol–water partition coefficient (Wildman–Crippen LogP) is 3.53. The van der Waals surface area contributed by atoms with Gasteiger partial charge >= 0.3 is 5.97 Å². The lowest BCUT2D eigenvalue weighted by atomic mass is 9.90. The molecular weight excluding hydrogens is 290 g/mol. The molecule has 0 bridgehead atoms. The van der Waals surface area contributed by atoms with Crippen LogP contribution in [-0.4, -0.2) is 41.4 Å². The molecule has 0 heterocycles. The highest BCUT2D eigenvalue weighted by molar-refractivity contribution is 5.99. The number of carbonyl (C=O) groups is 2. The summed E-state index contributed by atoms with van der Waals surface area (Å²) in [5.74, 6) is -1.45. The molecule has 1 aliphatic rings. The number of nitrogens with zero attached hydrogens (tertiary/aromatic N) is 1. The van der Waals surface area contributed by atoms with Gasteiger partial charge < -0.3 is 10.0 Å². The third-order valence-corrected chi connectivity index (χ3v) is 4.83. The number of aliphatic carboxylic acids is 1. The number of hydrogen-bond donors (Lipinski definition) is 1. The second-order valence-corrected chi connectivity index (χ2v) is 6.76. The zero-order chi connectivity index (χ0) is 16.8. The lowest BCUT2D eigenvalue weighted by molar-refractivity contribution is -0.137. The van der Waals surface area contributed by atoms with Crippen LogP contribution >= 0.6 is 0 Å². The molecule has 0 radical (unpaired) electrons. The Morgan fingerprint density at radius 2 is 1.78 bits per heavy atom. The zero-order valence-corrected chi connectivity index (χ0v) is 14.1. The quantitative estimate of drug-likeness (QED) is 0.782. The van der Waals surface area contributed by atoms with Crippen LogP contribution in [0.5, 0.6) is 0 Å². The number of aryl methyl sites for hydroxylation is 1. The molecule has 1 saturated carbocycles. The summed E-state index contributed by atoms with van der Waals surface area (Å²) in [6.45, 7) is 2.49. The van der Waals surface area contributed by atoms with Crippen molar-refractivity contribution in [2.24, 2.45) is 5.92 Å². The second kappa shape index (κ2) is 8.25. The Hall–Kier alpha value is -1.68. The standard InChI is InChI=1S/C19H27NO3/c1-14-8-10-15(11-9-14)19(23)16(12-18(21)22)13-20(2)17-6-4-3-5-7-17/h8-11,16-17H,3-7,12-13H2,1-2H3,(H,21,22). The Balaban J connectivity index is 2.07. The summed E-state index contributed by atoms with van der Waals surface area (Å²) >= 11 is 0. The molecule has 1 aliphatic carbocycles. The SMILES string of the molecule is Cc1ccc(C(=O)C(CC(=O)O)CN(C)C2CCCCC2)cc1. The maximum atomic E-state index is 12.7. The fraction of sp³-hybridized carbons (Fsp3) is 0.579. The summed E-state index contributed by atoms with van der Waals surface area (Å²) < 4.78 is 0. The van der Waals surface area contributed by atoms with Gasteiger partial charge in [-0.2, -0.15) is 0 Å². The van der Waals surface area contributed by atoms with E-state index in [2.05, 4.69) is 4.90 Å². The first-order valence-electron chi connectivity index (χ1n) is 8.50. The summed E-state index contributed by atoms with van der Waals surface area (Å²) in [6.07, 6.45) is 5.92. The number of ketones is 1. The van der Waals surface area contributed by atoms with E-state index >= 15 is 0 Å². The molecule has 0 amide bonds. The second-order valence-electron chi connectivity index (χ2n) is 6.76. The molecule has 1 aromatic carbocycles. The molecular formula is C19H27NO3. The number of carbonyl (C=O) groups excluding carboxylic acids is 1. The van der Waals surface area contributed by atoms with Crippen LogP contribution in [0.1, 0.15) is 54.4 Å². The molecule has 1 aromatic rings. The van der Waals surface area contributed by atoms with Gasteiger partial charge in [-0.15, -0.1) is 0 Å². The Morgan fingerprint density at radius 1 is 1.17 bits per heavy atom. The fourth-order valence-corrected chi connectivity index (χ4v) is 3.42. The molecule has 23 heavy (non-hydrogen) atoms. The van der Waals surface area contributed by atoms with Gasteiger partial charge in [0.2, 0.25) is 0 Å². The van der Waals surface area contributed by atoms with Gasteiger partial charge in [-0.25, -0.2) is 0 Å². The van der Waals surface area contributed by atoms with Gasteiger partial charge in [0.05, 0.1) is 6.42 Å². The molecule has 4 heteroatoms.